The quantitative estimate of drug-likeness (QED) is 0.568. The van der Waals surface area contributed by atoms with E-state index in [1.54, 1.807) is 49.6 Å². The third-order valence-electron chi connectivity index (χ3n) is 4.20. The van der Waals surface area contributed by atoms with Crippen molar-refractivity contribution >= 4 is 11.6 Å². The molecular formula is C21H17N5O3. The van der Waals surface area contributed by atoms with Crippen LogP contribution in [0.15, 0.2) is 84.3 Å². The van der Waals surface area contributed by atoms with Gasteiger partial charge in [0, 0.05) is 37.4 Å². The predicted molar refractivity (Wildman–Crippen MR) is 108 cm³/mol. The molecule has 0 unspecified atom stereocenters. The van der Waals surface area contributed by atoms with E-state index in [2.05, 4.69) is 15.3 Å². The molecule has 1 amide bonds. The second-order valence-corrected chi connectivity index (χ2v) is 6.22. The van der Waals surface area contributed by atoms with Crippen molar-refractivity contribution in [1.29, 1.82) is 0 Å². The maximum atomic E-state index is 12.3. The first-order chi connectivity index (χ1) is 14.1. The number of rotatable bonds is 5. The number of benzene rings is 1. The summed E-state index contributed by atoms with van der Waals surface area (Å²) < 4.78 is 8.97. The Morgan fingerprint density at radius 3 is 2.52 bits per heavy atom. The lowest BCUT2D eigenvalue weighted by molar-refractivity contribution is 0.102. The lowest BCUT2D eigenvalue weighted by Crippen LogP contribution is -2.26. The van der Waals surface area contributed by atoms with Crippen LogP contribution in [-0.4, -0.2) is 25.0 Å². The van der Waals surface area contributed by atoms with Gasteiger partial charge in [-0.2, -0.15) is 0 Å². The summed E-state index contributed by atoms with van der Waals surface area (Å²) in [6.07, 6.45) is 6.78. The minimum atomic E-state index is -0.466. The van der Waals surface area contributed by atoms with Gasteiger partial charge >= 0.3 is 0 Å². The molecule has 0 aliphatic heterocycles. The number of carbonyl (C=O) groups excluding carboxylic acids is 1. The van der Waals surface area contributed by atoms with E-state index in [1.807, 2.05) is 29.1 Å². The Bertz CT molecular complexity index is 1200. The van der Waals surface area contributed by atoms with Crippen LogP contribution in [0, 0.1) is 0 Å². The number of pyridine rings is 1. The molecule has 1 aromatic carbocycles. The Kier molecular flexibility index (Phi) is 4.90. The van der Waals surface area contributed by atoms with E-state index >= 15 is 0 Å². The van der Waals surface area contributed by atoms with Gasteiger partial charge in [-0.25, -0.2) is 9.97 Å². The fourth-order valence-electron chi connectivity index (χ4n) is 2.71. The maximum absolute atomic E-state index is 12.3. The summed E-state index contributed by atoms with van der Waals surface area (Å²) in [5.41, 5.74) is 0.269. The standard InChI is InChI=1S/C21H17N5O3/c1-25-10-4-5-17(21(25)28)20(27)24-15-6-8-16(9-7-15)29-19-13-18(22-14-23-19)26-11-2-3-12-26/h2-14H,1H3,(H,24,27). The van der Waals surface area contributed by atoms with Crippen molar-refractivity contribution in [2.24, 2.45) is 7.05 Å². The summed E-state index contributed by atoms with van der Waals surface area (Å²) in [7, 11) is 1.60. The van der Waals surface area contributed by atoms with Crippen LogP contribution in [0.1, 0.15) is 10.4 Å². The summed E-state index contributed by atoms with van der Waals surface area (Å²) in [5.74, 6) is 1.17. The fraction of sp³-hybridized carbons (Fsp3) is 0.0476. The molecule has 8 nitrogen and oxygen atoms in total. The molecule has 0 aliphatic rings. The molecule has 1 N–H and O–H groups in total. The van der Waals surface area contributed by atoms with Crippen LogP contribution in [0.3, 0.4) is 0 Å². The summed E-state index contributed by atoms with van der Waals surface area (Å²) in [6.45, 7) is 0. The Labute approximate surface area is 166 Å². The number of anilines is 1. The van der Waals surface area contributed by atoms with E-state index in [0.29, 0.717) is 23.1 Å². The Morgan fingerprint density at radius 2 is 1.76 bits per heavy atom. The lowest BCUT2D eigenvalue weighted by Gasteiger charge is -2.09. The molecule has 0 saturated carbocycles. The molecule has 0 aliphatic carbocycles. The molecule has 4 rings (SSSR count). The molecule has 0 atom stereocenters. The largest absolute Gasteiger partial charge is 0.439 e. The van der Waals surface area contributed by atoms with Crippen molar-refractivity contribution in [2.75, 3.05) is 5.32 Å². The molecule has 0 bridgehead atoms. The molecular weight excluding hydrogens is 370 g/mol. The van der Waals surface area contributed by atoms with E-state index in [-0.39, 0.29) is 11.1 Å². The molecule has 144 valence electrons. The van der Waals surface area contributed by atoms with Crippen molar-refractivity contribution in [3.8, 4) is 17.4 Å². The van der Waals surface area contributed by atoms with Gasteiger partial charge in [0.1, 0.15) is 23.5 Å². The zero-order valence-corrected chi connectivity index (χ0v) is 15.5. The van der Waals surface area contributed by atoms with Crippen molar-refractivity contribution in [1.82, 2.24) is 19.1 Å². The third kappa shape index (κ3) is 4.06. The summed E-state index contributed by atoms with van der Waals surface area (Å²) in [5, 5.41) is 2.71. The van der Waals surface area contributed by atoms with Crippen LogP contribution in [0.4, 0.5) is 5.69 Å². The minimum absolute atomic E-state index is 0.0776. The van der Waals surface area contributed by atoms with Gasteiger partial charge in [0.25, 0.3) is 11.5 Å². The monoisotopic (exact) mass is 387 g/mol. The van der Waals surface area contributed by atoms with Crippen molar-refractivity contribution < 1.29 is 9.53 Å². The van der Waals surface area contributed by atoms with Crippen LogP contribution < -0.4 is 15.6 Å². The molecule has 0 saturated heterocycles. The highest BCUT2D eigenvalue weighted by molar-refractivity contribution is 6.03. The van der Waals surface area contributed by atoms with Gasteiger partial charge in [-0.3, -0.25) is 9.59 Å². The number of nitrogens with zero attached hydrogens (tertiary/aromatic N) is 4. The summed E-state index contributed by atoms with van der Waals surface area (Å²) in [6, 6.07) is 15.5. The van der Waals surface area contributed by atoms with Gasteiger partial charge in [0.05, 0.1) is 0 Å². The van der Waals surface area contributed by atoms with Crippen LogP contribution in [0.2, 0.25) is 0 Å². The lowest BCUT2D eigenvalue weighted by atomic mass is 10.2. The van der Waals surface area contributed by atoms with E-state index in [4.69, 9.17) is 4.74 Å². The molecule has 3 aromatic heterocycles. The highest BCUT2D eigenvalue weighted by Gasteiger charge is 2.11. The molecule has 0 fully saturated rings. The first-order valence-electron chi connectivity index (χ1n) is 8.80. The molecule has 0 radical (unpaired) electrons. The molecule has 8 heteroatoms. The van der Waals surface area contributed by atoms with Crippen LogP contribution in [0.25, 0.3) is 5.82 Å². The second-order valence-electron chi connectivity index (χ2n) is 6.22. The van der Waals surface area contributed by atoms with Crippen LogP contribution in [0.5, 0.6) is 11.6 Å². The van der Waals surface area contributed by atoms with E-state index in [9.17, 15) is 9.59 Å². The smallest absolute Gasteiger partial charge is 0.263 e. The topological polar surface area (TPSA) is 91.0 Å². The molecule has 29 heavy (non-hydrogen) atoms. The normalized spacial score (nSPS) is 10.5. The number of hydrogen-bond donors (Lipinski definition) is 1. The number of aromatic nitrogens is 4. The van der Waals surface area contributed by atoms with Crippen LogP contribution in [-0.2, 0) is 7.05 Å². The fourth-order valence-corrected chi connectivity index (χ4v) is 2.71. The van der Waals surface area contributed by atoms with Gasteiger partial charge in [-0.05, 0) is 48.5 Å². The van der Waals surface area contributed by atoms with E-state index in [0.717, 1.165) is 0 Å². The van der Waals surface area contributed by atoms with Crippen molar-refractivity contribution in [3.05, 3.63) is 95.4 Å². The molecule has 4 aromatic rings. The van der Waals surface area contributed by atoms with E-state index < -0.39 is 5.91 Å². The average molecular weight is 387 g/mol. The number of nitrogens with one attached hydrogen (secondary N) is 1. The first-order valence-corrected chi connectivity index (χ1v) is 8.80. The van der Waals surface area contributed by atoms with Gasteiger partial charge in [0.15, 0.2) is 0 Å². The van der Waals surface area contributed by atoms with Gasteiger partial charge in [-0.1, -0.05) is 0 Å². The number of ether oxygens (including phenoxy) is 1. The number of carbonyl (C=O) groups is 1. The maximum Gasteiger partial charge on any atom is 0.263 e. The third-order valence-corrected chi connectivity index (χ3v) is 4.20. The van der Waals surface area contributed by atoms with Crippen molar-refractivity contribution in [2.45, 2.75) is 0 Å². The summed E-state index contributed by atoms with van der Waals surface area (Å²) in [4.78, 5) is 32.7. The zero-order chi connectivity index (χ0) is 20.2. The summed E-state index contributed by atoms with van der Waals surface area (Å²) >= 11 is 0. The number of amides is 1. The SMILES string of the molecule is Cn1cccc(C(=O)Nc2ccc(Oc3cc(-n4cccc4)ncn3)cc2)c1=O. The molecule has 0 spiro atoms. The minimum Gasteiger partial charge on any atom is -0.439 e. The van der Waals surface area contributed by atoms with Gasteiger partial charge in [0.2, 0.25) is 5.88 Å². The predicted octanol–water partition coefficient (Wildman–Crippen LogP) is 3.01. The molecule has 3 heterocycles. The Hall–Kier alpha value is -4.20. The average Bonchev–Trinajstić information content (AvgIpc) is 3.27. The number of hydrogen-bond acceptors (Lipinski definition) is 5. The van der Waals surface area contributed by atoms with Gasteiger partial charge < -0.3 is 19.2 Å². The Balaban J connectivity index is 1.46. The van der Waals surface area contributed by atoms with E-state index in [1.165, 1.54) is 17.0 Å². The highest BCUT2D eigenvalue weighted by Crippen LogP contribution is 2.22. The Morgan fingerprint density at radius 1 is 1.00 bits per heavy atom. The highest BCUT2D eigenvalue weighted by atomic mass is 16.5. The number of aryl methyl sites for hydroxylation is 1. The van der Waals surface area contributed by atoms with Gasteiger partial charge in [-0.15, -0.1) is 0 Å². The van der Waals surface area contributed by atoms with Crippen molar-refractivity contribution in [3.63, 3.8) is 0 Å². The van der Waals surface area contributed by atoms with Crippen LogP contribution >= 0.6 is 0 Å². The first kappa shape index (κ1) is 18.2. The zero-order valence-electron chi connectivity index (χ0n) is 15.5. The second kappa shape index (κ2) is 7.81.